The second kappa shape index (κ2) is 7.92. The van der Waals surface area contributed by atoms with E-state index in [0.29, 0.717) is 5.75 Å². The highest BCUT2D eigenvalue weighted by atomic mass is 16.6. The maximum Gasteiger partial charge on any atom is 0.344 e. The van der Waals surface area contributed by atoms with Crippen molar-refractivity contribution in [3.63, 3.8) is 0 Å². The quantitative estimate of drug-likeness (QED) is 0.752. The van der Waals surface area contributed by atoms with E-state index in [-0.39, 0.29) is 12.4 Å². The van der Waals surface area contributed by atoms with Gasteiger partial charge in [0.15, 0.2) is 6.61 Å². The van der Waals surface area contributed by atoms with Crippen LogP contribution in [0.1, 0.15) is 44.7 Å². The van der Waals surface area contributed by atoms with Crippen molar-refractivity contribution in [2.75, 3.05) is 6.61 Å². The molecule has 132 valence electrons. The number of hydrogen-bond acceptors (Lipinski definition) is 5. The Morgan fingerprint density at radius 2 is 1.84 bits per heavy atom. The maximum absolute atomic E-state index is 12.1. The third-order valence-electron chi connectivity index (χ3n) is 3.39. The third-order valence-corrected chi connectivity index (χ3v) is 3.39. The van der Waals surface area contributed by atoms with E-state index >= 15 is 0 Å². The largest absolute Gasteiger partial charge is 0.482 e. The Kier molecular flexibility index (Phi) is 5.91. The summed E-state index contributed by atoms with van der Waals surface area (Å²) in [5.41, 5.74) is 1.06. The van der Waals surface area contributed by atoms with Gasteiger partial charge in [-0.05, 0) is 57.0 Å². The molecule has 1 aromatic carbocycles. The lowest BCUT2D eigenvalue weighted by atomic mass is 9.89. The van der Waals surface area contributed by atoms with Crippen molar-refractivity contribution in [1.29, 1.82) is 0 Å². The minimum absolute atomic E-state index is 0.0114. The number of benzene rings is 1. The van der Waals surface area contributed by atoms with Gasteiger partial charge < -0.3 is 9.47 Å². The molecule has 1 atom stereocenters. The van der Waals surface area contributed by atoms with Gasteiger partial charge in [0.2, 0.25) is 0 Å². The summed E-state index contributed by atoms with van der Waals surface area (Å²) in [6.45, 7) is 6.77. The molecular formula is C20H23NO4. The number of ether oxygens (including phenoxy) is 2. The molecule has 0 radical (unpaired) electrons. The Morgan fingerprint density at radius 3 is 2.44 bits per heavy atom. The summed E-state index contributed by atoms with van der Waals surface area (Å²) in [7, 11) is 0. The van der Waals surface area contributed by atoms with Gasteiger partial charge in [-0.3, -0.25) is 9.78 Å². The molecule has 1 heterocycles. The van der Waals surface area contributed by atoms with Gasteiger partial charge in [0.05, 0.1) is 5.92 Å². The number of carbonyl (C=O) groups excluding carboxylic acids is 2. The summed E-state index contributed by atoms with van der Waals surface area (Å²) >= 11 is 0. The van der Waals surface area contributed by atoms with Crippen molar-refractivity contribution in [2.45, 2.75) is 39.2 Å². The van der Waals surface area contributed by atoms with Crippen LogP contribution < -0.4 is 4.74 Å². The predicted octanol–water partition coefficient (Wildman–Crippen LogP) is 3.52. The molecule has 0 N–H and O–H groups in total. The minimum Gasteiger partial charge on any atom is -0.482 e. The molecule has 5 nitrogen and oxygen atoms in total. The predicted molar refractivity (Wildman–Crippen MR) is 94.5 cm³/mol. The molecule has 0 fully saturated rings. The maximum atomic E-state index is 12.1. The second-order valence-corrected chi connectivity index (χ2v) is 6.78. The highest BCUT2D eigenvalue weighted by Crippen LogP contribution is 2.27. The average Bonchev–Trinajstić information content (AvgIpc) is 2.53. The summed E-state index contributed by atoms with van der Waals surface area (Å²) in [6, 6.07) is 10.8. The van der Waals surface area contributed by atoms with Crippen LogP contribution in [0, 0.1) is 0 Å². The molecule has 0 saturated carbocycles. The Bertz CT molecular complexity index is 735. The molecule has 0 aliphatic heterocycles. The van der Waals surface area contributed by atoms with Gasteiger partial charge in [-0.2, -0.15) is 0 Å². The van der Waals surface area contributed by atoms with Gasteiger partial charge >= 0.3 is 5.97 Å². The van der Waals surface area contributed by atoms with Crippen LogP contribution in [0.4, 0.5) is 0 Å². The molecule has 0 saturated heterocycles. The van der Waals surface area contributed by atoms with Crippen molar-refractivity contribution < 1.29 is 19.1 Å². The van der Waals surface area contributed by atoms with Gasteiger partial charge in [-0.15, -0.1) is 0 Å². The molecule has 1 aromatic heterocycles. The SMILES string of the molecule is CC(=O)C(c1cccnc1)c1cccc(OCC(=O)OC(C)(C)C)c1. The number of Topliss-reactive ketones (excluding diaryl/α,β-unsaturated/α-hetero) is 1. The van der Waals surface area contributed by atoms with Crippen LogP contribution >= 0.6 is 0 Å². The smallest absolute Gasteiger partial charge is 0.344 e. The second-order valence-electron chi connectivity index (χ2n) is 6.78. The Morgan fingerprint density at radius 1 is 1.12 bits per heavy atom. The van der Waals surface area contributed by atoms with Gasteiger partial charge in [0, 0.05) is 12.4 Å². The van der Waals surface area contributed by atoms with E-state index in [1.165, 1.54) is 0 Å². The number of carbonyl (C=O) groups is 2. The first-order valence-corrected chi connectivity index (χ1v) is 8.11. The highest BCUT2D eigenvalue weighted by molar-refractivity contribution is 5.86. The zero-order valence-corrected chi connectivity index (χ0v) is 15.0. The molecule has 0 amide bonds. The van der Waals surface area contributed by atoms with Crippen LogP contribution in [-0.4, -0.2) is 28.9 Å². The topological polar surface area (TPSA) is 65.5 Å². The number of aromatic nitrogens is 1. The monoisotopic (exact) mass is 341 g/mol. The normalized spacial score (nSPS) is 12.3. The van der Waals surface area contributed by atoms with E-state index in [1.807, 2.05) is 12.1 Å². The molecular weight excluding hydrogens is 318 g/mol. The summed E-state index contributed by atoms with van der Waals surface area (Å²) < 4.78 is 10.7. The Balaban J connectivity index is 2.14. The van der Waals surface area contributed by atoms with Crippen molar-refractivity contribution in [1.82, 2.24) is 4.98 Å². The zero-order chi connectivity index (χ0) is 18.4. The fraction of sp³-hybridized carbons (Fsp3) is 0.350. The van der Waals surface area contributed by atoms with Crippen LogP contribution in [0.2, 0.25) is 0 Å². The van der Waals surface area contributed by atoms with Crippen molar-refractivity contribution in [3.8, 4) is 5.75 Å². The average molecular weight is 341 g/mol. The van der Waals surface area contributed by atoms with Gasteiger partial charge in [-0.25, -0.2) is 4.79 Å². The molecule has 0 aliphatic carbocycles. The first kappa shape index (κ1) is 18.6. The summed E-state index contributed by atoms with van der Waals surface area (Å²) in [6.07, 6.45) is 3.35. The van der Waals surface area contributed by atoms with Gasteiger partial charge in [0.1, 0.15) is 17.1 Å². The van der Waals surface area contributed by atoms with E-state index in [9.17, 15) is 9.59 Å². The Labute approximate surface area is 148 Å². The lowest BCUT2D eigenvalue weighted by Gasteiger charge is -2.20. The summed E-state index contributed by atoms with van der Waals surface area (Å²) in [5, 5.41) is 0. The molecule has 0 bridgehead atoms. The number of nitrogens with zero attached hydrogens (tertiary/aromatic N) is 1. The van der Waals surface area contributed by atoms with Crippen LogP contribution in [0.15, 0.2) is 48.8 Å². The molecule has 2 aromatic rings. The molecule has 25 heavy (non-hydrogen) atoms. The number of esters is 1. The number of pyridine rings is 1. The molecule has 0 aliphatic rings. The van der Waals surface area contributed by atoms with E-state index in [1.54, 1.807) is 64.4 Å². The first-order chi connectivity index (χ1) is 11.8. The Hall–Kier alpha value is -2.69. The lowest BCUT2D eigenvalue weighted by Crippen LogP contribution is -2.27. The summed E-state index contributed by atoms with van der Waals surface area (Å²) in [4.78, 5) is 28.0. The van der Waals surface area contributed by atoms with Crippen molar-refractivity contribution in [3.05, 3.63) is 59.9 Å². The number of hydrogen-bond donors (Lipinski definition) is 0. The van der Waals surface area contributed by atoms with E-state index in [0.717, 1.165) is 11.1 Å². The zero-order valence-electron chi connectivity index (χ0n) is 15.0. The molecule has 1 unspecified atom stereocenters. The van der Waals surface area contributed by atoms with Gasteiger partial charge in [0.25, 0.3) is 0 Å². The minimum atomic E-state index is -0.553. The fourth-order valence-electron chi connectivity index (χ4n) is 2.51. The number of rotatable bonds is 6. The number of ketones is 1. The summed E-state index contributed by atoms with van der Waals surface area (Å²) in [5.74, 6) is -0.331. The van der Waals surface area contributed by atoms with E-state index in [4.69, 9.17) is 9.47 Å². The van der Waals surface area contributed by atoms with Crippen molar-refractivity contribution in [2.24, 2.45) is 0 Å². The third kappa shape index (κ3) is 5.71. The molecule has 0 spiro atoms. The standard InChI is InChI=1S/C20H23NO4/c1-14(22)19(16-8-6-10-21-12-16)15-7-5-9-17(11-15)24-13-18(23)25-20(2,3)4/h5-12,19H,13H2,1-4H3. The molecule has 2 rings (SSSR count). The van der Waals surface area contributed by atoms with Crippen LogP contribution in [0.5, 0.6) is 5.75 Å². The van der Waals surface area contributed by atoms with Crippen LogP contribution in [0.3, 0.4) is 0 Å². The molecule has 5 heteroatoms. The van der Waals surface area contributed by atoms with Crippen LogP contribution in [0.25, 0.3) is 0 Å². The van der Waals surface area contributed by atoms with Crippen molar-refractivity contribution >= 4 is 11.8 Å². The highest BCUT2D eigenvalue weighted by Gasteiger charge is 2.20. The lowest BCUT2D eigenvalue weighted by molar-refractivity contribution is -0.157. The first-order valence-electron chi connectivity index (χ1n) is 8.11. The van der Waals surface area contributed by atoms with Crippen LogP contribution in [-0.2, 0) is 14.3 Å². The van der Waals surface area contributed by atoms with E-state index < -0.39 is 17.5 Å². The fourth-order valence-corrected chi connectivity index (χ4v) is 2.51. The van der Waals surface area contributed by atoms with E-state index in [2.05, 4.69) is 4.98 Å². The van der Waals surface area contributed by atoms with Gasteiger partial charge in [-0.1, -0.05) is 18.2 Å².